The summed E-state index contributed by atoms with van der Waals surface area (Å²) in [7, 11) is 0. The van der Waals surface area contributed by atoms with Crippen molar-refractivity contribution in [1.82, 2.24) is 5.43 Å². The molecular formula is C16H9Br2ClN2O2. The van der Waals surface area contributed by atoms with Crippen LogP contribution in [-0.2, 0) is 0 Å². The molecule has 0 atom stereocenters. The Bertz CT molecular complexity index is 904. The lowest BCUT2D eigenvalue weighted by atomic mass is 10.2. The van der Waals surface area contributed by atoms with Crippen LogP contribution in [0.3, 0.4) is 0 Å². The number of rotatable bonds is 3. The van der Waals surface area contributed by atoms with Crippen molar-refractivity contribution in [1.29, 1.82) is 0 Å². The molecule has 7 heteroatoms. The van der Waals surface area contributed by atoms with Crippen LogP contribution in [0.5, 0.6) is 0 Å². The summed E-state index contributed by atoms with van der Waals surface area (Å²) in [6.07, 6.45) is 1.53. The normalized spacial score (nSPS) is 11.3. The first-order chi connectivity index (χ1) is 11.0. The van der Waals surface area contributed by atoms with Gasteiger partial charge in [0.25, 0.3) is 0 Å². The number of furan rings is 1. The highest BCUT2D eigenvalue weighted by Crippen LogP contribution is 2.30. The fraction of sp³-hybridized carbons (Fsp3) is 0. The van der Waals surface area contributed by atoms with Crippen molar-refractivity contribution in [2.24, 2.45) is 5.10 Å². The van der Waals surface area contributed by atoms with E-state index >= 15 is 0 Å². The molecule has 23 heavy (non-hydrogen) atoms. The number of nitrogens with zero attached hydrogens (tertiary/aromatic N) is 1. The van der Waals surface area contributed by atoms with Crippen LogP contribution in [-0.4, -0.2) is 12.1 Å². The van der Waals surface area contributed by atoms with E-state index in [0.29, 0.717) is 10.6 Å². The Hall–Kier alpha value is -1.63. The highest BCUT2D eigenvalue weighted by molar-refractivity contribution is 9.11. The number of halogens is 3. The molecule has 0 saturated heterocycles. The number of hydrogen-bond donors (Lipinski definition) is 1. The SMILES string of the molecule is O=C(N/N=C\c1ccc(Cl)cc1)c1cc2cc(Br)cc(Br)c2o1. The number of carbonyl (C=O) groups is 1. The molecule has 0 radical (unpaired) electrons. The van der Waals surface area contributed by atoms with Gasteiger partial charge in [-0.2, -0.15) is 5.10 Å². The van der Waals surface area contributed by atoms with Crippen LogP contribution in [0.15, 0.2) is 60.9 Å². The first-order valence-electron chi connectivity index (χ1n) is 6.50. The second-order valence-corrected chi connectivity index (χ2v) is 6.87. The fourth-order valence-corrected chi connectivity index (χ4v) is 3.42. The van der Waals surface area contributed by atoms with Crippen LogP contribution in [0.1, 0.15) is 16.1 Å². The number of fused-ring (bicyclic) bond motifs is 1. The monoisotopic (exact) mass is 454 g/mol. The lowest BCUT2D eigenvalue weighted by Crippen LogP contribution is -2.16. The van der Waals surface area contributed by atoms with Crippen LogP contribution in [0.2, 0.25) is 5.02 Å². The van der Waals surface area contributed by atoms with Crippen LogP contribution in [0.4, 0.5) is 0 Å². The number of carbonyl (C=O) groups excluding carboxylic acids is 1. The van der Waals surface area contributed by atoms with E-state index in [1.807, 2.05) is 12.1 Å². The average molecular weight is 457 g/mol. The summed E-state index contributed by atoms with van der Waals surface area (Å²) in [5, 5.41) is 5.37. The Balaban J connectivity index is 1.75. The van der Waals surface area contributed by atoms with Gasteiger partial charge in [-0.05, 0) is 51.8 Å². The lowest BCUT2D eigenvalue weighted by molar-refractivity contribution is 0.0929. The van der Waals surface area contributed by atoms with Crippen LogP contribution < -0.4 is 5.43 Å². The molecule has 1 heterocycles. The summed E-state index contributed by atoms with van der Waals surface area (Å²) in [6.45, 7) is 0. The van der Waals surface area contributed by atoms with E-state index in [2.05, 4.69) is 42.4 Å². The maximum absolute atomic E-state index is 12.1. The molecule has 0 spiro atoms. The standard InChI is InChI=1S/C16H9Br2ClN2O2/c17-11-5-10-6-14(23-15(10)13(18)7-11)16(22)21-20-8-9-1-3-12(19)4-2-9/h1-8H,(H,21,22)/b20-8-. The molecule has 0 unspecified atom stereocenters. The number of amides is 1. The van der Waals surface area contributed by atoms with Gasteiger partial charge >= 0.3 is 5.91 Å². The lowest BCUT2D eigenvalue weighted by Gasteiger charge is -1.96. The van der Waals surface area contributed by atoms with Gasteiger partial charge in [-0.25, -0.2) is 5.43 Å². The van der Waals surface area contributed by atoms with Gasteiger partial charge in [-0.3, -0.25) is 4.79 Å². The molecule has 1 amide bonds. The highest BCUT2D eigenvalue weighted by Gasteiger charge is 2.14. The maximum atomic E-state index is 12.1. The zero-order chi connectivity index (χ0) is 16.4. The molecular weight excluding hydrogens is 447 g/mol. The largest absolute Gasteiger partial charge is 0.450 e. The third-order valence-electron chi connectivity index (χ3n) is 3.01. The quantitative estimate of drug-likeness (QED) is 0.425. The van der Waals surface area contributed by atoms with Gasteiger partial charge < -0.3 is 4.42 Å². The van der Waals surface area contributed by atoms with Crippen LogP contribution >= 0.6 is 43.5 Å². The first-order valence-corrected chi connectivity index (χ1v) is 8.47. The molecule has 3 aromatic rings. The minimum Gasteiger partial charge on any atom is -0.450 e. The van der Waals surface area contributed by atoms with E-state index in [-0.39, 0.29) is 5.76 Å². The minimum atomic E-state index is -0.422. The zero-order valence-corrected chi connectivity index (χ0v) is 15.4. The maximum Gasteiger partial charge on any atom is 0.307 e. The molecule has 0 aliphatic rings. The molecule has 0 aliphatic carbocycles. The molecule has 0 saturated carbocycles. The molecule has 0 fully saturated rings. The predicted octanol–water partition coefficient (Wildman–Crippen LogP) is 5.38. The van der Waals surface area contributed by atoms with Gasteiger partial charge in [-0.15, -0.1) is 0 Å². The number of hydrogen-bond acceptors (Lipinski definition) is 3. The zero-order valence-electron chi connectivity index (χ0n) is 11.5. The Labute approximate surface area is 153 Å². The number of benzene rings is 2. The molecule has 1 N–H and O–H groups in total. The summed E-state index contributed by atoms with van der Waals surface area (Å²) in [5.74, 6) is -0.235. The molecule has 2 aromatic carbocycles. The Kier molecular flexibility index (Phi) is 4.84. The predicted molar refractivity (Wildman–Crippen MR) is 98.1 cm³/mol. The van der Waals surface area contributed by atoms with Gasteiger partial charge in [-0.1, -0.05) is 39.7 Å². The first kappa shape index (κ1) is 16.2. The third-order valence-corrected chi connectivity index (χ3v) is 4.31. The summed E-state index contributed by atoms with van der Waals surface area (Å²) < 4.78 is 7.23. The van der Waals surface area contributed by atoms with Crippen molar-refractivity contribution < 1.29 is 9.21 Å². The van der Waals surface area contributed by atoms with Crippen molar-refractivity contribution in [3.05, 3.63) is 67.8 Å². The second-order valence-electron chi connectivity index (χ2n) is 4.67. The van der Waals surface area contributed by atoms with Crippen molar-refractivity contribution in [3.63, 3.8) is 0 Å². The Morgan fingerprint density at radius 3 is 2.65 bits per heavy atom. The number of hydrazone groups is 1. The van der Waals surface area contributed by atoms with Gasteiger partial charge in [0.1, 0.15) is 5.58 Å². The summed E-state index contributed by atoms with van der Waals surface area (Å²) >= 11 is 12.6. The van der Waals surface area contributed by atoms with Gasteiger partial charge in [0.05, 0.1) is 10.7 Å². The van der Waals surface area contributed by atoms with Crippen molar-refractivity contribution in [2.45, 2.75) is 0 Å². The van der Waals surface area contributed by atoms with Crippen LogP contribution in [0.25, 0.3) is 11.0 Å². The van der Waals surface area contributed by atoms with E-state index in [4.69, 9.17) is 16.0 Å². The average Bonchev–Trinajstić information content (AvgIpc) is 2.93. The van der Waals surface area contributed by atoms with E-state index in [9.17, 15) is 4.79 Å². The molecule has 116 valence electrons. The van der Waals surface area contributed by atoms with E-state index in [1.54, 1.807) is 30.3 Å². The summed E-state index contributed by atoms with van der Waals surface area (Å²) in [5.41, 5.74) is 3.87. The van der Waals surface area contributed by atoms with E-state index in [0.717, 1.165) is 19.9 Å². The Morgan fingerprint density at radius 1 is 1.17 bits per heavy atom. The van der Waals surface area contributed by atoms with Crippen molar-refractivity contribution >= 4 is 66.6 Å². The van der Waals surface area contributed by atoms with Crippen molar-refractivity contribution in [3.8, 4) is 0 Å². The second kappa shape index (κ2) is 6.86. The fourth-order valence-electron chi connectivity index (χ4n) is 1.96. The van der Waals surface area contributed by atoms with Crippen molar-refractivity contribution in [2.75, 3.05) is 0 Å². The molecule has 1 aromatic heterocycles. The molecule has 0 aliphatic heterocycles. The summed E-state index contributed by atoms with van der Waals surface area (Å²) in [6, 6.07) is 12.5. The molecule has 0 bridgehead atoms. The van der Waals surface area contributed by atoms with Gasteiger partial charge in [0.15, 0.2) is 5.76 Å². The Morgan fingerprint density at radius 2 is 1.91 bits per heavy atom. The molecule has 3 rings (SSSR count). The molecule has 4 nitrogen and oxygen atoms in total. The summed E-state index contributed by atoms with van der Waals surface area (Å²) in [4.78, 5) is 12.1. The minimum absolute atomic E-state index is 0.187. The van der Waals surface area contributed by atoms with Gasteiger partial charge in [0, 0.05) is 14.9 Å². The van der Waals surface area contributed by atoms with Gasteiger partial charge in [0.2, 0.25) is 0 Å². The number of nitrogens with one attached hydrogen (secondary N) is 1. The topological polar surface area (TPSA) is 54.6 Å². The third kappa shape index (κ3) is 3.83. The highest BCUT2D eigenvalue weighted by atomic mass is 79.9. The smallest absolute Gasteiger partial charge is 0.307 e. The van der Waals surface area contributed by atoms with E-state index in [1.165, 1.54) is 6.21 Å². The van der Waals surface area contributed by atoms with Crippen LogP contribution in [0, 0.1) is 0 Å². The van der Waals surface area contributed by atoms with E-state index < -0.39 is 5.91 Å².